The van der Waals surface area contributed by atoms with Gasteiger partial charge in [0.05, 0.1) is 6.04 Å². The molecule has 0 heterocycles. The summed E-state index contributed by atoms with van der Waals surface area (Å²) in [5.74, 6) is -0.189. The number of rotatable bonds is 4. The van der Waals surface area contributed by atoms with Gasteiger partial charge in [-0.15, -0.1) is 6.58 Å². The number of amides is 1. The molecule has 2 heteroatoms. The van der Waals surface area contributed by atoms with Crippen molar-refractivity contribution in [3.63, 3.8) is 0 Å². The molecule has 2 nitrogen and oxygen atoms in total. The number of nitrogens with one attached hydrogen (secondary N) is 1. The van der Waals surface area contributed by atoms with Gasteiger partial charge in [-0.1, -0.05) is 72.4 Å². The fourth-order valence-corrected chi connectivity index (χ4v) is 2.45. The van der Waals surface area contributed by atoms with Crippen molar-refractivity contribution in [3.8, 4) is 0 Å². The van der Waals surface area contributed by atoms with Crippen molar-refractivity contribution in [1.82, 2.24) is 5.32 Å². The smallest absolute Gasteiger partial charge is 0.244 e. The summed E-state index contributed by atoms with van der Waals surface area (Å²) < 4.78 is 0. The number of carbonyl (C=O) groups is 1. The van der Waals surface area contributed by atoms with Crippen LogP contribution in [0.1, 0.15) is 64.3 Å². The molecule has 1 aromatic carbocycles. The Balaban J connectivity index is 3.47. The van der Waals surface area contributed by atoms with Gasteiger partial charge in [0, 0.05) is 0 Å². The fraction of sp³-hybridized carbons (Fsp3) is 0.450. The van der Waals surface area contributed by atoms with Crippen LogP contribution >= 0.6 is 0 Å². The molecular formula is C20H29NO. The van der Waals surface area contributed by atoms with Crippen molar-refractivity contribution in [1.29, 1.82) is 0 Å². The van der Waals surface area contributed by atoms with E-state index in [4.69, 9.17) is 0 Å². The molecule has 0 radical (unpaired) electrons. The second kappa shape index (κ2) is 6.51. The van der Waals surface area contributed by atoms with Crippen LogP contribution in [0.4, 0.5) is 0 Å². The average molecular weight is 299 g/mol. The quantitative estimate of drug-likeness (QED) is 0.627. The third-order valence-corrected chi connectivity index (χ3v) is 3.78. The van der Waals surface area contributed by atoms with E-state index in [0.717, 1.165) is 5.56 Å². The normalized spacial score (nSPS) is 13.4. The number of hydrogen-bond acceptors (Lipinski definition) is 1. The summed E-state index contributed by atoms with van der Waals surface area (Å²) in [6.45, 7) is 20.5. The largest absolute Gasteiger partial charge is 0.342 e. The molecule has 0 saturated carbocycles. The molecule has 0 aliphatic heterocycles. The first-order valence-electron chi connectivity index (χ1n) is 7.71. The maximum atomic E-state index is 11.7. The van der Waals surface area contributed by atoms with Gasteiger partial charge in [0.15, 0.2) is 0 Å². The van der Waals surface area contributed by atoms with E-state index in [1.165, 1.54) is 17.2 Å². The summed E-state index contributed by atoms with van der Waals surface area (Å²) in [5, 5.41) is 2.95. The van der Waals surface area contributed by atoms with Crippen molar-refractivity contribution in [2.75, 3.05) is 0 Å². The highest BCUT2D eigenvalue weighted by Gasteiger charge is 2.24. The van der Waals surface area contributed by atoms with E-state index in [1.54, 1.807) is 6.08 Å². The van der Waals surface area contributed by atoms with Crippen LogP contribution in [-0.4, -0.2) is 5.91 Å². The zero-order chi connectivity index (χ0) is 17.1. The zero-order valence-corrected chi connectivity index (χ0v) is 14.8. The summed E-state index contributed by atoms with van der Waals surface area (Å²) in [6.07, 6.45) is 3.07. The molecule has 22 heavy (non-hydrogen) atoms. The van der Waals surface area contributed by atoms with Crippen LogP contribution in [0.5, 0.6) is 0 Å². The second-order valence-electron chi connectivity index (χ2n) is 7.73. The summed E-state index contributed by atoms with van der Waals surface area (Å²) in [6, 6.07) is 6.32. The monoisotopic (exact) mass is 299 g/mol. The van der Waals surface area contributed by atoms with Crippen LogP contribution in [0.3, 0.4) is 0 Å². The number of benzene rings is 1. The predicted molar refractivity (Wildman–Crippen MR) is 95.1 cm³/mol. The van der Waals surface area contributed by atoms with Crippen LogP contribution in [0.25, 0.3) is 0 Å². The van der Waals surface area contributed by atoms with Gasteiger partial charge >= 0.3 is 0 Å². The fourth-order valence-electron chi connectivity index (χ4n) is 2.45. The molecule has 1 amide bonds. The third-order valence-electron chi connectivity index (χ3n) is 3.78. The summed E-state index contributed by atoms with van der Waals surface area (Å²) in [7, 11) is 0. The van der Waals surface area contributed by atoms with Crippen LogP contribution in [0.2, 0.25) is 0 Å². The molecule has 0 aromatic heterocycles. The van der Waals surface area contributed by atoms with Gasteiger partial charge in [-0.2, -0.15) is 0 Å². The van der Waals surface area contributed by atoms with Crippen molar-refractivity contribution in [3.05, 3.63) is 60.2 Å². The van der Waals surface area contributed by atoms with Gasteiger partial charge in [-0.25, -0.2) is 0 Å². The third kappa shape index (κ3) is 4.33. The lowest BCUT2D eigenvalue weighted by Gasteiger charge is -2.29. The standard InChI is InChI=1S/C20H29NO/c1-9-17(21-18(22)10-2)15-13-14(19(3,4)5)11-12-16(15)20(6,7)8/h9-13,17H,1-2H2,3-8H3,(H,21,22). The van der Waals surface area contributed by atoms with Crippen LogP contribution in [-0.2, 0) is 15.6 Å². The van der Waals surface area contributed by atoms with Crippen molar-refractivity contribution in [2.45, 2.75) is 58.4 Å². The lowest BCUT2D eigenvalue weighted by atomic mass is 9.77. The van der Waals surface area contributed by atoms with Gasteiger partial charge in [0.25, 0.3) is 0 Å². The van der Waals surface area contributed by atoms with Gasteiger partial charge in [-0.3, -0.25) is 4.79 Å². The first-order chi connectivity index (χ1) is 10.0. The van der Waals surface area contributed by atoms with E-state index in [9.17, 15) is 4.79 Å². The van der Waals surface area contributed by atoms with E-state index in [0.29, 0.717) is 0 Å². The average Bonchev–Trinajstić information content (AvgIpc) is 2.41. The van der Waals surface area contributed by atoms with E-state index < -0.39 is 0 Å². The molecule has 120 valence electrons. The Morgan fingerprint density at radius 2 is 1.68 bits per heavy atom. The molecule has 1 rings (SSSR count). The van der Waals surface area contributed by atoms with E-state index >= 15 is 0 Å². The topological polar surface area (TPSA) is 29.1 Å². The van der Waals surface area contributed by atoms with E-state index in [2.05, 4.69) is 78.2 Å². The van der Waals surface area contributed by atoms with Crippen molar-refractivity contribution in [2.24, 2.45) is 0 Å². The summed E-state index contributed by atoms with van der Waals surface area (Å²) >= 11 is 0. The molecule has 1 aromatic rings. The molecule has 0 aliphatic carbocycles. The minimum Gasteiger partial charge on any atom is -0.342 e. The van der Waals surface area contributed by atoms with Crippen LogP contribution < -0.4 is 5.32 Å². The van der Waals surface area contributed by atoms with Crippen LogP contribution in [0, 0.1) is 0 Å². The number of carbonyl (C=O) groups excluding carboxylic acids is 1. The summed E-state index contributed by atoms with van der Waals surface area (Å²) in [4.78, 5) is 11.7. The molecule has 0 bridgehead atoms. The molecule has 0 fully saturated rings. The zero-order valence-electron chi connectivity index (χ0n) is 14.8. The maximum absolute atomic E-state index is 11.7. The lowest BCUT2D eigenvalue weighted by molar-refractivity contribution is -0.116. The molecule has 0 saturated heterocycles. The van der Waals surface area contributed by atoms with Crippen LogP contribution in [0.15, 0.2) is 43.5 Å². The summed E-state index contributed by atoms with van der Waals surface area (Å²) in [5.41, 5.74) is 3.61. The molecule has 1 atom stereocenters. The first kappa shape index (κ1) is 18.2. The second-order valence-corrected chi connectivity index (χ2v) is 7.73. The van der Waals surface area contributed by atoms with Crippen molar-refractivity contribution < 1.29 is 4.79 Å². The van der Waals surface area contributed by atoms with Gasteiger partial charge in [0.1, 0.15) is 0 Å². The molecule has 0 aliphatic rings. The molecule has 0 spiro atoms. The lowest BCUT2D eigenvalue weighted by Crippen LogP contribution is -2.28. The highest BCUT2D eigenvalue weighted by Crippen LogP contribution is 2.34. The molecule has 1 N–H and O–H groups in total. The Bertz CT molecular complexity index is 570. The SMILES string of the molecule is C=CC(=O)NC(C=C)c1cc(C(C)(C)C)ccc1C(C)(C)C. The Labute approximate surface area is 135 Å². The number of hydrogen-bond donors (Lipinski definition) is 1. The minimum absolute atomic E-state index is 0.00802. The first-order valence-corrected chi connectivity index (χ1v) is 7.71. The Hall–Kier alpha value is -1.83. The highest BCUT2D eigenvalue weighted by molar-refractivity contribution is 5.87. The minimum atomic E-state index is -0.220. The van der Waals surface area contributed by atoms with Gasteiger partial charge < -0.3 is 5.32 Å². The van der Waals surface area contributed by atoms with Gasteiger partial charge in [0.2, 0.25) is 5.91 Å². The maximum Gasteiger partial charge on any atom is 0.244 e. The Morgan fingerprint density at radius 1 is 1.09 bits per heavy atom. The Kier molecular flexibility index (Phi) is 5.39. The van der Waals surface area contributed by atoms with E-state index in [-0.39, 0.29) is 22.8 Å². The van der Waals surface area contributed by atoms with Crippen molar-refractivity contribution >= 4 is 5.91 Å². The predicted octanol–water partition coefficient (Wildman–Crippen LogP) is 4.81. The highest BCUT2D eigenvalue weighted by atomic mass is 16.1. The molecular weight excluding hydrogens is 270 g/mol. The van der Waals surface area contributed by atoms with E-state index in [1.807, 2.05) is 0 Å². The van der Waals surface area contributed by atoms with Gasteiger partial charge in [-0.05, 0) is 33.6 Å². The Morgan fingerprint density at radius 3 is 2.09 bits per heavy atom. The molecule has 1 unspecified atom stereocenters.